The summed E-state index contributed by atoms with van der Waals surface area (Å²) in [5.74, 6) is -1.44. The summed E-state index contributed by atoms with van der Waals surface area (Å²) in [6.45, 7) is 3.56. The van der Waals surface area contributed by atoms with Crippen molar-refractivity contribution in [3.05, 3.63) is 65.0 Å². The van der Waals surface area contributed by atoms with Crippen LogP contribution in [0.25, 0.3) is 0 Å². The SMILES string of the molecule is CCC1(c2ccc(C(F)(F)F)cc2)C[C@H]1C(=O)NC(C)c1ccc(NS(C)(=O)=O)c(F)c1. The number of alkyl halides is 3. The van der Waals surface area contributed by atoms with Crippen molar-refractivity contribution in [3.8, 4) is 0 Å². The van der Waals surface area contributed by atoms with Crippen LogP contribution in [0.2, 0.25) is 0 Å². The number of anilines is 1. The maximum Gasteiger partial charge on any atom is 0.416 e. The lowest BCUT2D eigenvalue weighted by molar-refractivity contribution is -0.137. The van der Waals surface area contributed by atoms with E-state index >= 15 is 0 Å². The van der Waals surface area contributed by atoms with Gasteiger partial charge in [0.25, 0.3) is 0 Å². The van der Waals surface area contributed by atoms with Gasteiger partial charge in [-0.15, -0.1) is 0 Å². The van der Waals surface area contributed by atoms with Gasteiger partial charge in [0.1, 0.15) is 5.82 Å². The first-order chi connectivity index (χ1) is 14.8. The van der Waals surface area contributed by atoms with Crippen LogP contribution in [0.15, 0.2) is 42.5 Å². The Morgan fingerprint density at radius 2 is 1.81 bits per heavy atom. The molecule has 2 aromatic rings. The topological polar surface area (TPSA) is 75.3 Å². The Kier molecular flexibility index (Phi) is 6.29. The zero-order chi connectivity index (χ0) is 23.9. The number of nitrogens with one attached hydrogen (secondary N) is 2. The molecule has 1 amide bonds. The Balaban J connectivity index is 1.70. The van der Waals surface area contributed by atoms with Crippen molar-refractivity contribution in [3.63, 3.8) is 0 Å². The van der Waals surface area contributed by atoms with Gasteiger partial charge in [-0.2, -0.15) is 13.2 Å². The number of hydrogen-bond acceptors (Lipinski definition) is 3. The van der Waals surface area contributed by atoms with Gasteiger partial charge in [0.15, 0.2) is 0 Å². The molecular weight excluding hydrogens is 448 g/mol. The van der Waals surface area contributed by atoms with Gasteiger partial charge in [0.05, 0.1) is 23.5 Å². The molecule has 0 bridgehead atoms. The molecule has 1 fully saturated rings. The van der Waals surface area contributed by atoms with Crippen LogP contribution in [0, 0.1) is 11.7 Å². The van der Waals surface area contributed by atoms with E-state index in [9.17, 15) is 30.8 Å². The zero-order valence-corrected chi connectivity index (χ0v) is 18.6. The summed E-state index contributed by atoms with van der Waals surface area (Å²) >= 11 is 0. The van der Waals surface area contributed by atoms with E-state index in [0.717, 1.165) is 24.5 Å². The molecule has 0 saturated heterocycles. The van der Waals surface area contributed by atoms with Crippen LogP contribution in [0.3, 0.4) is 0 Å². The quantitative estimate of drug-likeness (QED) is 0.571. The normalized spacial score (nSPS) is 21.7. The van der Waals surface area contributed by atoms with Crippen molar-refractivity contribution in [2.24, 2.45) is 5.92 Å². The van der Waals surface area contributed by atoms with Crippen molar-refractivity contribution < 1.29 is 30.8 Å². The maximum atomic E-state index is 14.2. The number of amides is 1. The monoisotopic (exact) mass is 472 g/mol. The summed E-state index contributed by atoms with van der Waals surface area (Å²) in [5.41, 5.74) is -0.319. The standard InChI is InChI=1S/C22H24F4N2O3S/c1-4-21(15-6-8-16(9-7-15)22(24,25)26)12-17(21)20(29)27-13(2)14-5-10-19(18(23)11-14)28-32(3,30)31/h5-11,13,17,28H,4,12H2,1-3H3,(H,27,29)/t13?,17-,21?/m0/s1. The summed E-state index contributed by atoms with van der Waals surface area (Å²) < 4.78 is 77.4. The molecule has 174 valence electrons. The van der Waals surface area contributed by atoms with Gasteiger partial charge in [-0.3, -0.25) is 9.52 Å². The average molecular weight is 473 g/mol. The molecule has 1 aliphatic rings. The van der Waals surface area contributed by atoms with Gasteiger partial charge in [0, 0.05) is 11.3 Å². The first kappa shape index (κ1) is 24.0. The number of carbonyl (C=O) groups is 1. The summed E-state index contributed by atoms with van der Waals surface area (Å²) in [4.78, 5) is 12.8. The lowest BCUT2D eigenvalue weighted by atomic mass is 9.89. The van der Waals surface area contributed by atoms with Crippen LogP contribution in [-0.2, 0) is 26.4 Å². The molecular formula is C22H24F4N2O3S. The highest BCUT2D eigenvalue weighted by atomic mass is 32.2. The first-order valence-electron chi connectivity index (χ1n) is 10.0. The third-order valence-electron chi connectivity index (χ3n) is 5.96. The van der Waals surface area contributed by atoms with E-state index in [1.165, 1.54) is 24.3 Å². The van der Waals surface area contributed by atoms with Crippen LogP contribution in [0.5, 0.6) is 0 Å². The molecule has 0 radical (unpaired) electrons. The Morgan fingerprint density at radius 3 is 2.31 bits per heavy atom. The van der Waals surface area contributed by atoms with E-state index in [1.807, 2.05) is 6.92 Å². The molecule has 32 heavy (non-hydrogen) atoms. The molecule has 0 aliphatic heterocycles. The molecule has 0 spiro atoms. The van der Waals surface area contributed by atoms with E-state index in [-0.39, 0.29) is 11.6 Å². The van der Waals surface area contributed by atoms with Crippen LogP contribution < -0.4 is 10.0 Å². The van der Waals surface area contributed by atoms with Crippen LogP contribution in [0.4, 0.5) is 23.2 Å². The van der Waals surface area contributed by atoms with Gasteiger partial charge in [-0.05, 0) is 55.2 Å². The van der Waals surface area contributed by atoms with Crippen molar-refractivity contribution >= 4 is 21.6 Å². The second-order valence-electron chi connectivity index (χ2n) is 8.19. The second-order valence-corrected chi connectivity index (χ2v) is 9.93. The highest BCUT2D eigenvalue weighted by Gasteiger charge is 2.57. The van der Waals surface area contributed by atoms with E-state index in [4.69, 9.17) is 0 Å². The molecule has 3 atom stereocenters. The number of halogens is 4. The summed E-state index contributed by atoms with van der Waals surface area (Å²) in [6.07, 6.45) is -2.41. The lowest BCUT2D eigenvalue weighted by Gasteiger charge is -2.19. The van der Waals surface area contributed by atoms with Crippen molar-refractivity contribution in [2.75, 3.05) is 11.0 Å². The van der Waals surface area contributed by atoms with E-state index in [1.54, 1.807) is 6.92 Å². The van der Waals surface area contributed by atoms with Gasteiger partial charge >= 0.3 is 6.18 Å². The van der Waals surface area contributed by atoms with Crippen molar-refractivity contribution in [1.82, 2.24) is 5.32 Å². The number of sulfonamides is 1. The predicted molar refractivity (Wildman–Crippen MR) is 113 cm³/mol. The third-order valence-corrected chi connectivity index (χ3v) is 6.55. The van der Waals surface area contributed by atoms with E-state index in [0.29, 0.717) is 24.0 Å². The molecule has 1 saturated carbocycles. The van der Waals surface area contributed by atoms with Gasteiger partial charge in [0.2, 0.25) is 15.9 Å². The Labute approximate surface area is 184 Å². The Hall–Kier alpha value is -2.62. The number of hydrogen-bond donors (Lipinski definition) is 2. The maximum absolute atomic E-state index is 14.2. The van der Waals surface area contributed by atoms with Crippen LogP contribution in [0.1, 0.15) is 49.4 Å². The minimum atomic E-state index is -4.42. The van der Waals surface area contributed by atoms with Crippen LogP contribution >= 0.6 is 0 Å². The largest absolute Gasteiger partial charge is 0.416 e. The van der Waals surface area contributed by atoms with Crippen molar-refractivity contribution in [1.29, 1.82) is 0 Å². The molecule has 2 unspecified atom stereocenters. The fraction of sp³-hybridized carbons (Fsp3) is 0.409. The van der Waals surface area contributed by atoms with Crippen LogP contribution in [-0.4, -0.2) is 20.6 Å². The average Bonchev–Trinajstić information content (AvgIpc) is 3.44. The molecule has 2 aromatic carbocycles. The minimum Gasteiger partial charge on any atom is -0.349 e. The minimum absolute atomic E-state index is 0.190. The molecule has 5 nitrogen and oxygen atoms in total. The fourth-order valence-electron chi connectivity index (χ4n) is 4.03. The van der Waals surface area contributed by atoms with Crippen molar-refractivity contribution in [2.45, 2.75) is 44.3 Å². The number of benzene rings is 2. The lowest BCUT2D eigenvalue weighted by Crippen LogP contribution is -2.31. The summed E-state index contributed by atoms with van der Waals surface area (Å²) in [6, 6.07) is 8.29. The smallest absolute Gasteiger partial charge is 0.349 e. The number of carbonyl (C=O) groups excluding carboxylic acids is 1. The molecule has 0 heterocycles. The highest BCUT2D eigenvalue weighted by molar-refractivity contribution is 7.92. The van der Waals surface area contributed by atoms with Gasteiger partial charge < -0.3 is 5.32 Å². The molecule has 10 heteroatoms. The van der Waals surface area contributed by atoms with E-state index < -0.39 is 45.0 Å². The predicted octanol–water partition coefficient (Wildman–Crippen LogP) is 4.76. The zero-order valence-electron chi connectivity index (χ0n) is 17.8. The Morgan fingerprint density at radius 1 is 1.19 bits per heavy atom. The highest BCUT2D eigenvalue weighted by Crippen LogP contribution is 2.57. The molecule has 3 rings (SSSR count). The fourth-order valence-corrected chi connectivity index (χ4v) is 4.60. The summed E-state index contributed by atoms with van der Waals surface area (Å²) in [7, 11) is -3.63. The first-order valence-corrected chi connectivity index (χ1v) is 11.9. The Bertz CT molecular complexity index is 1120. The van der Waals surface area contributed by atoms with E-state index in [2.05, 4.69) is 10.0 Å². The van der Waals surface area contributed by atoms with Gasteiger partial charge in [-0.1, -0.05) is 25.1 Å². The summed E-state index contributed by atoms with van der Waals surface area (Å²) in [5, 5.41) is 2.82. The molecule has 2 N–H and O–H groups in total. The molecule has 1 aliphatic carbocycles. The second kappa shape index (κ2) is 8.38. The van der Waals surface area contributed by atoms with Gasteiger partial charge in [-0.25, -0.2) is 12.8 Å². The molecule has 0 aromatic heterocycles. The third kappa shape index (κ3) is 5.06. The number of rotatable bonds is 7.